The highest BCUT2D eigenvalue weighted by atomic mass is 16.3. The number of anilines is 1. The molecule has 0 aliphatic heterocycles. The maximum absolute atomic E-state index is 12.5. The lowest BCUT2D eigenvalue weighted by Gasteiger charge is -2.08. The molecule has 2 N–H and O–H groups in total. The summed E-state index contributed by atoms with van der Waals surface area (Å²) in [5.74, 6) is -0.637. The molecule has 1 aromatic heterocycles. The van der Waals surface area contributed by atoms with Crippen LogP contribution >= 0.6 is 0 Å². The quantitative estimate of drug-likeness (QED) is 0.709. The van der Waals surface area contributed by atoms with Gasteiger partial charge < -0.3 is 10.4 Å². The fraction of sp³-hybridized carbons (Fsp3) is 0.0588. The Hall–Kier alpha value is -3.08. The van der Waals surface area contributed by atoms with Crippen molar-refractivity contribution in [3.8, 4) is 5.88 Å². The average Bonchev–Trinajstić information content (AvgIpc) is 2.80. The molecule has 3 aromatic rings. The van der Waals surface area contributed by atoms with E-state index in [4.69, 9.17) is 0 Å². The standard InChI is InChI=1S/C17H14N2O3/c1-11(20)15-13-9-5-6-10-14(13)19(16(15)21)17(22)18-12-7-3-2-4-8-12/h2-10,21H,1H3,(H,18,22). The molecular formula is C17H14N2O3. The van der Waals surface area contributed by atoms with Crippen LogP contribution in [0.25, 0.3) is 10.9 Å². The van der Waals surface area contributed by atoms with Crippen LogP contribution in [0.3, 0.4) is 0 Å². The molecule has 110 valence electrons. The van der Waals surface area contributed by atoms with E-state index in [1.54, 1.807) is 48.5 Å². The number of aromatic nitrogens is 1. The van der Waals surface area contributed by atoms with Gasteiger partial charge in [-0.3, -0.25) is 4.79 Å². The molecule has 22 heavy (non-hydrogen) atoms. The van der Waals surface area contributed by atoms with Crippen molar-refractivity contribution < 1.29 is 14.7 Å². The van der Waals surface area contributed by atoms with E-state index in [0.717, 1.165) is 4.57 Å². The average molecular weight is 294 g/mol. The summed E-state index contributed by atoms with van der Waals surface area (Å²) in [5, 5.41) is 13.6. The van der Waals surface area contributed by atoms with Crippen molar-refractivity contribution in [3.63, 3.8) is 0 Å². The zero-order chi connectivity index (χ0) is 15.7. The number of benzene rings is 2. The summed E-state index contributed by atoms with van der Waals surface area (Å²) >= 11 is 0. The van der Waals surface area contributed by atoms with E-state index in [1.165, 1.54) is 6.92 Å². The van der Waals surface area contributed by atoms with E-state index in [0.29, 0.717) is 16.6 Å². The van der Waals surface area contributed by atoms with Gasteiger partial charge in [-0.2, -0.15) is 0 Å². The van der Waals surface area contributed by atoms with Gasteiger partial charge in [0.1, 0.15) is 0 Å². The van der Waals surface area contributed by atoms with Crippen molar-refractivity contribution in [1.82, 2.24) is 4.57 Å². The molecule has 2 aromatic carbocycles. The fourth-order valence-corrected chi connectivity index (χ4v) is 2.48. The number of para-hydroxylation sites is 2. The van der Waals surface area contributed by atoms with Gasteiger partial charge >= 0.3 is 6.03 Å². The van der Waals surface area contributed by atoms with E-state index in [2.05, 4.69) is 5.32 Å². The Kier molecular flexibility index (Phi) is 3.39. The monoisotopic (exact) mass is 294 g/mol. The van der Waals surface area contributed by atoms with E-state index in [1.807, 2.05) is 6.07 Å². The second-order valence-corrected chi connectivity index (χ2v) is 4.90. The molecule has 0 unspecified atom stereocenters. The number of amides is 1. The number of carbonyl (C=O) groups is 2. The van der Waals surface area contributed by atoms with Gasteiger partial charge in [-0.1, -0.05) is 36.4 Å². The highest BCUT2D eigenvalue weighted by Crippen LogP contribution is 2.31. The number of hydrogen-bond acceptors (Lipinski definition) is 3. The Morgan fingerprint density at radius 1 is 1.00 bits per heavy atom. The smallest absolute Gasteiger partial charge is 0.333 e. The van der Waals surface area contributed by atoms with Gasteiger partial charge in [0.2, 0.25) is 5.88 Å². The maximum atomic E-state index is 12.5. The van der Waals surface area contributed by atoms with Crippen molar-refractivity contribution in [1.29, 1.82) is 0 Å². The highest BCUT2D eigenvalue weighted by Gasteiger charge is 2.23. The normalized spacial score (nSPS) is 10.6. The molecule has 0 fully saturated rings. The molecule has 0 aliphatic rings. The molecular weight excluding hydrogens is 280 g/mol. The molecule has 0 spiro atoms. The number of hydrogen-bond donors (Lipinski definition) is 2. The molecule has 0 saturated carbocycles. The Labute approximate surface area is 126 Å². The predicted octanol–water partition coefficient (Wildman–Crippen LogP) is 3.63. The number of rotatable bonds is 2. The van der Waals surface area contributed by atoms with Crippen LogP contribution < -0.4 is 5.32 Å². The van der Waals surface area contributed by atoms with Crippen molar-refractivity contribution >= 4 is 28.4 Å². The van der Waals surface area contributed by atoms with Crippen LogP contribution in [0.1, 0.15) is 17.3 Å². The summed E-state index contributed by atoms with van der Waals surface area (Å²) in [5.41, 5.74) is 1.24. The van der Waals surface area contributed by atoms with Crippen LogP contribution in [0.4, 0.5) is 10.5 Å². The summed E-state index contributed by atoms with van der Waals surface area (Å²) in [6.45, 7) is 1.36. The molecule has 0 aliphatic carbocycles. The summed E-state index contributed by atoms with van der Waals surface area (Å²) < 4.78 is 1.11. The van der Waals surface area contributed by atoms with Crippen molar-refractivity contribution in [2.24, 2.45) is 0 Å². The van der Waals surface area contributed by atoms with Gasteiger partial charge in [-0.05, 0) is 25.1 Å². The summed E-state index contributed by atoms with van der Waals surface area (Å²) in [6, 6.07) is 15.3. The Bertz CT molecular complexity index is 866. The number of nitrogens with zero attached hydrogens (tertiary/aromatic N) is 1. The van der Waals surface area contributed by atoms with Crippen molar-refractivity contribution in [2.75, 3.05) is 5.32 Å². The first kappa shape index (κ1) is 13.9. The molecule has 0 bridgehead atoms. The number of ketones is 1. The van der Waals surface area contributed by atoms with Gasteiger partial charge in [0.15, 0.2) is 5.78 Å². The maximum Gasteiger partial charge on any atom is 0.333 e. The molecule has 1 amide bonds. The number of carbonyl (C=O) groups excluding carboxylic acids is 2. The van der Waals surface area contributed by atoms with Crippen LogP contribution in [0.5, 0.6) is 5.88 Å². The summed E-state index contributed by atoms with van der Waals surface area (Å²) in [6.07, 6.45) is 0. The lowest BCUT2D eigenvalue weighted by atomic mass is 10.1. The molecule has 3 rings (SSSR count). The molecule has 1 heterocycles. The fourth-order valence-electron chi connectivity index (χ4n) is 2.48. The van der Waals surface area contributed by atoms with Gasteiger partial charge in [-0.15, -0.1) is 0 Å². The van der Waals surface area contributed by atoms with E-state index >= 15 is 0 Å². The predicted molar refractivity (Wildman–Crippen MR) is 84.5 cm³/mol. The second kappa shape index (κ2) is 5.37. The van der Waals surface area contributed by atoms with E-state index in [9.17, 15) is 14.7 Å². The third-order valence-electron chi connectivity index (χ3n) is 3.43. The van der Waals surface area contributed by atoms with E-state index < -0.39 is 6.03 Å². The van der Waals surface area contributed by atoms with Crippen LogP contribution in [-0.4, -0.2) is 21.5 Å². The van der Waals surface area contributed by atoms with Crippen LogP contribution in [0.15, 0.2) is 54.6 Å². The molecule has 5 nitrogen and oxygen atoms in total. The first-order valence-electron chi connectivity index (χ1n) is 6.79. The van der Waals surface area contributed by atoms with Crippen LogP contribution in [0, 0.1) is 0 Å². The third kappa shape index (κ3) is 2.22. The van der Waals surface area contributed by atoms with Crippen molar-refractivity contribution in [2.45, 2.75) is 6.92 Å². The zero-order valence-corrected chi connectivity index (χ0v) is 11.9. The van der Waals surface area contributed by atoms with Gasteiger partial charge in [0.05, 0.1) is 11.1 Å². The van der Waals surface area contributed by atoms with Gasteiger partial charge in [0.25, 0.3) is 0 Å². The molecule has 0 saturated heterocycles. The second-order valence-electron chi connectivity index (χ2n) is 4.90. The number of Topliss-reactive ketones (excluding diaryl/α,β-unsaturated/α-hetero) is 1. The summed E-state index contributed by atoms with van der Waals surface area (Å²) in [7, 11) is 0. The first-order valence-corrected chi connectivity index (χ1v) is 6.79. The first-order chi connectivity index (χ1) is 10.6. The summed E-state index contributed by atoms with van der Waals surface area (Å²) in [4.78, 5) is 24.2. The van der Waals surface area contributed by atoms with Crippen molar-refractivity contribution in [3.05, 3.63) is 60.2 Å². The molecule has 5 heteroatoms. The van der Waals surface area contributed by atoms with Gasteiger partial charge in [0, 0.05) is 11.1 Å². The third-order valence-corrected chi connectivity index (χ3v) is 3.43. The van der Waals surface area contributed by atoms with Crippen LogP contribution in [-0.2, 0) is 0 Å². The van der Waals surface area contributed by atoms with Crippen LogP contribution in [0.2, 0.25) is 0 Å². The largest absolute Gasteiger partial charge is 0.494 e. The Morgan fingerprint density at radius 2 is 1.64 bits per heavy atom. The molecule has 0 radical (unpaired) electrons. The molecule has 0 atom stereocenters. The minimum Gasteiger partial charge on any atom is -0.494 e. The zero-order valence-electron chi connectivity index (χ0n) is 11.9. The van der Waals surface area contributed by atoms with E-state index in [-0.39, 0.29) is 17.2 Å². The number of aromatic hydroxyl groups is 1. The Balaban J connectivity index is 2.13. The minimum atomic E-state index is -0.521. The van der Waals surface area contributed by atoms with Gasteiger partial charge in [-0.25, -0.2) is 9.36 Å². The minimum absolute atomic E-state index is 0.152. The SMILES string of the molecule is CC(=O)c1c(O)n(C(=O)Nc2ccccc2)c2ccccc12. The topological polar surface area (TPSA) is 71.3 Å². The number of fused-ring (bicyclic) bond motifs is 1. The lowest BCUT2D eigenvalue weighted by molar-refractivity contribution is 0.101. The highest BCUT2D eigenvalue weighted by molar-refractivity contribution is 6.13. The number of nitrogens with one attached hydrogen (secondary N) is 1. The Morgan fingerprint density at radius 3 is 2.32 bits per heavy atom. The lowest BCUT2D eigenvalue weighted by Crippen LogP contribution is -2.19.